The van der Waals surface area contributed by atoms with Crippen molar-refractivity contribution in [2.24, 2.45) is 0 Å². The summed E-state index contributed by atoms with van der Waals surface area (Å²) in [5.41, 5.74) is 1.47. The first-order chi connectivity index (χ1) is 12.8. The van der Waals surface area contributed by atoms with Gasteiger partial charge in [0.1, 0.15) is 5.75 Å². The SMILES string of the molecule is COc1cccc(CC(=O)O[C@@H](C)C(=O)N[C@@H](C)c2ccc(Cl)cc2Cl)c1. The van der Waals surface area contributed by atoms with E-state index < -0.39 is 18.0 Å². The number of hydrogen-bond acceptors (Lipinski definition) is 4. The Hall–Kier alpha value is -2.24. The van der Waals surface area contributed by atoms with Crippen molar-refractivity contribution in [3.63, 3.8) is 0 Å². The number of esters is 1. The van der Waals surface area contributed by atoms with E-state index in [-0.39, 0.29) is 12.5 Å². The van der Waals surface area contributed by atoms with E-state index in [9.17, 15) is 9.59 Å². The molecule has 7 heteroatoms. The van der Waals surface area contributed by atoms with Crippen molar-refractivity contribution in [3.8, 4) is 5.75 Å². The normalized spacial score (nSPS) is 12.8. The fraction of sp³-hybridized carbons (Fsp3) is 0.300. The summed E-state index contributed by atoms with van der Waals surface area (Å²) in [6.45, 7) is 3.31. The summed E-state index contributed by atoms with van der Waals surface area (Å²) >= 11 is 12.0. The second kappa shape index (κ2) is 9.62. The maximum absolute atomic E-state index is 12.3. The Balaban J connectivity index is 1.91. The van der Waals surface area contributed by atoms with E-state index in [1.54, 1.807) is 56.5 Å². The van der Waals surface area contributed by atoms with Crippen molar-refractivity contribution in [1.82, 2.24) is 5.32 Å². The summed E-state index contributed by atoms with van der Waals surface area (Å²) in [7, 11) is 1.55. The van der Waals surface area contributed by atoms with E-state index in [1.165, 1.54) is 6.92 Å². The third-order valence-electron chi connectivity index (χ3n) is 3.95. The molecule has 2 aromatic rings. The molecule has 0 aliphatic carbocycles. The lowest BCUT2D eigenvalue weighted by molar-refractivity contribution is -0.154. The highest BCUT2D eigenvalue weighted by Crippen LogP contribution is 2.26. The number of carbonyl (C=O) groups excluding carboxylic acids is 2. The molecule has 0 aromatic heterocycles. The van der Waals surface area contributed by atoms with Gasteiger partial charge < -0.3 is 14.8 Å². The van der Waals surface area contributed by atoms with Gasteiger partial charge in [-0.15, -0.1) is 0 Å². The predicted molar refractivity (Wildman–Crippen MR) is 105 cm³/mol. The zero-order chi connectivity index (χ0) is 20.0. The van der Waals surface area contributed by atoms with E-state index in [2.05, 4.69) is 5.32 Å². The Kier molecular flexibility index (Phi) is 7.51. The second-order valence-electron chi connectivity index (χ2n) is 6.06. The second-order valence-corrected chi connectivity index (χ2v) is 6.90. The average molecular weight is 410 g/mol. The van der Waals surface area contributed by atoms with Crippen molar-refractivity contribution >= 4 is 35.1 Å². The largest absolute Gasteiger partial charge is 0.497 e. The van der Waals surface area contributed by atoms with Gasteiger partial charge in [-0.2, -0.15) is 0 Å². The van der Waals surface area contributed by atoms with Gasteiger partial charge in [0.25, 0.3) is 5.91 Å². The summed E-state index contributed by atoms with van der Waals surface area (Å²) in [6.07, 6.45) is -0.885. The van der Waals surface area contributed by atoms with Crippen LogP contribution in [0, 0.1) is 0 Å². The lowest BCUT2D eigenvalue weighted by Crippen LogP contribution is -2.37. The van der Waals surface area contributed by atoms with Crippen LogP contribution in [0.4, 0.5) is 0 Å². The molecule has 27 heavy (non-hydrogen) atoms. The number of ether oxygens (including phenoxy) is 2. The lowest BCUT2D eigenvalue weighted by Gasteiger charge is -2.19. The van der Waals surface area contributed by atoms with E-state index in [0.29, 0.717) is 15.8 Å². The van der Waals surface area contributed by atoms with Gasteiger partial charge in [-0.3, -0.25) is 9.59 Å². The standard InChI is InChI=1S/C20H21Cl2NO4/c1-12(17-8-7-15(21)11-18(17)22)23-20(25)13(2)27-19(24)10-14-5-4-6-16(9-14)26-3/h4-9,11-13H,10H2,1-3H3,(H,23,25)/t12-,13-/m0/s1. The molecule has 1 amide bonds. The Morgan fingerprint density at radius 2 is 1.85 bits per heavy atom. The summed E-state index contributed by atoms with van der Waals surface area (Å²) in [5.74, 6) is -0.254. The van der Waals surface area contributed by atoms with Crippen LogP contribution in [0.1, 0.15) is 31.0 Å². The Morgan fingerprint density at radius 1 is 1.11 bits per heavy atom. The first kappa shape index (κ1) is 21.1. The summed E-state index contributed by atoms with van der Waals surface area (Å²) in [6, 6.07) is 11.8. The number of carbonyl (C=O) groups is 2. The van der Waals surface area contributed by atoms with Crippen LogP contribution < -0.4 is 10.1 Å². The van der Waals surface area contributed by atoms with Crippen molar-refractivity contribution in [2.75, 3.05) is 7.11 Å². The van der Waals surface area contributed by atoms with Gasteiger partial charge in [-0.1, -0.05) is 41.4 Å². The van der Waals surface area contributed by atoms with Gasteiger partial charge in [-0.05, 0) is 49.2 Å². The molecule has 2 aromatic carbocycles. The summed E-state index contributed by atoms with van der Waals surface area (Å²) < 4.78 is 10.4. The van der Waals surface area contributed by atoms with Gasteiger partial charge in [-0.25, -0.2) is 0 Å². The van der Waals surface area contributed by atoms with Gasteiger partial charge in [0.05, 0.1) is 19.6 Å². The molecule has 2 rings (SSSR count). The van der Waals surface area contributed by atoms with E-state index in [4.69, 9.17) is 32.7 Å². The van der Waals surface area contributed by atoms with Crippen molar-refractivity contribution < 1.29 is 19.1 Å². The van der Waals surface area contributed by atoms with Crippen LogP contribution in [-0.2, 0) is 20.7 Å². The Labute approximate surface area is 168 Å². The highest BCUT2D eigenvalue weighted by molar-refractivity contribution is 6.35. The first-order valence-corrected chi connectivity index (χ1v) is 9.13. The topological polar surface area (TPSA) is 64.6 Å². The zero-order valence-corrected chi connectivity index (χ0v) is 16.8. The van der Waals surface area contributed by atoms with Crippen LogP contribution >= 0.6 is 23.2 Å². The average Bonchev–Trinajstić information content (AvgIpc) is 2.61. The van der Waals surface area contributed by atoms with Gasteiger partial charge in [0.15, 0.2) is 6.10 Å². The molecule has 0 spiro atoms. The van der Waals surface area contributed by atoms with Crippen LogP contribution in [0.2, 0.25) is 10.0 Å². The highest BCUT2D eigenvalue weighted by Gasteiger charge is 2.21. The molecule has 0 unspecified atom stereocenters. The number of rotatable bonds is 7. The van der Waals surface area contributed by atoms with Crippen LogP contribution in [0.5, 0.6) is 5.75 Å². The number of amides is 1. The van der Waals surface area contributed by atoms with Gasteiger partial charge in [0, 0.05) is 10.0 Å². The predicted octanol–water partition coefficient (Wildman–Crippen LogP) is 4.35. The number of methoxy groups -OCH3 is 1. The maximum Gasteiger partial charge on any atom is 0.311 e. The number of hydrogen-bond donors (Lipinski definition) is 1. The van der Waals surface area contributed by atoms with Gasteiger partial charge in [0.2, 0.25) is 0 Å². The van der Waals surface area contributed by atoms with Crippen LogP contribution in [-0.4, -0.2) is 25.1 Å². The lowest BCUT2D eigenvalue weighted by atomic mass is 10.1. The van der Waals surface area contributed by atoms with E-state index >= 15 is 0 Å². The zero-order valence-electron chi connectivity index (χ0n) is 15.3. The minimum Gasteiger partial charge on any atom is -0.497 e. The molecule has 1 N–H and O–H groups in total. The Bertz CT molecular complexity index is 825. The molecule has 0 heterocycles. The summed E-state index contributed by atoms with van der Waals surface area (Å²) in [4.78, 5) is 24.4. The van der Waals surface area contributed by atoms with Crippen molar-refractivity contribution in [2.45, 2.75) is 32.4 Å². The highest BCUT2D eigenvalue weighted by atomic mass is 35.5. The molecule has 2 atom stereocenters. The van der Waals surface area contributed by atoms with Crippen LogP contribution in [0.15, 0.2) is 42.5 Å². The van der Waals surface area contributed by atoms with E-state index in [1.807, 2.05) is 0 Å². The molecule has 0 saturated heterocycles. The molecule has 0 fully saturated rings. The third kappa shape index (κ3) is 6.15. The summed E-state index contributed by atoms with van der Waals surface area (Å²) in [5, 5.41) is 3.75. The molecule has 5 nitrogen and oxygen atoms in total. The minimum atomic E-state index is -0.934. The number of benzene rings is 2. The Morgan fingerprint density at radius 3 is 2.52 bits per heavy atom. The maximum atomic E-state index is 12.3. The van der Waals surface area contributed by atoms with E-state index in [0.717, 1.165) is 11.1 Å². The molecule has 0 aliphatic heterocycles. The molecular weight excluding hydrogens is 389 g/mol. The number of halogens is 2. The van der Waals surface area contributed by atoms with Crippen LogP contribution in [0.3, 0.4) is 0 Å². The third-order valence-corrected chi connectivity index (χ3v) is 4.51. The minimum absolute atomic E-state index is 0.0490. The fourth-order valence-corrected chi connectivity index (χ4v) is 3.07. The molecule has 0 radical (unpaired) electrons. The molecule has 0 saturated carbocycles. The van der Waals surface area contributed by atoms with Gasteiger partial charge >= 0.3 is 5.97 Å². The molecule has 0 bridgehead atoms. The smallest absolute Gasteiger partial charge is 0.311 e. The molecule has 0 aliphatic rings. The quantitative estimate of drug-likeness (QED) is 0.690. The monoisotopic (exact) mass is 409 g/mol. The van der Waals surface area contributed by atoms with Crippen molar-refractivity contribution in [1.29, 1.82) is 0 Å². The van der Waals surface area contributed by atoms with Crippen molar-refractivity contribution in [3.05, 3.63) is 63.6 Å². The molecule has 144 valence electrons. The first-order valence-electron chi connectivity index (χ1n) is 8.38. The number of nitrogens with one attached hydrogen (secondary N) is 1. The molecular formula is C20H21Cl2NO4. The van der Waals surface area contributed by atoms with Crippen LogP contribution in [0.25, 0.3) is 0 Å². The fourth-order valence-electron chi connectivity index (χ4n) is 2.50.